The van der Waals surface area contributed by atoms with E-state index in [0.29, 0.717) is 5.56 Å². The maximum Gasteiger partial charge on any atom is 0.416 e. The van der Waals surface area contributed by atoms with Gasteiger partial charge in [-0.05, 0) is 17.7 Å². The predicted octanol–water partition coefficient (Wildman–Crippen LogP) is 1.49. The second-order valence-electron chi connectivity index (χ2n) is 4.17. The molecule has 0 radical (unpaired) electrons. The summed E-state index contributed by atoms with van der Waals surface area (Å²) in [6.07, 6.45) is -3.38. The number of alkyl halides is 3. The van der Waals surface area contributed by atoms with Crippen molar-refractivity contribution in [3.63, 3.8) is 0 Å². The Labute approximate surface area is 118 Å². The van der Waals surface area contributed by atoms with Crippen molar-refractivity contribution < 1.29 is 21.6 Å². The van der Waals surface area contributed by atoms with Crippen molar-refractivity contribution in [1.29, 1.82) is 0 Å². The van der Waals surface area contributed by atoms with Gasteiger partial charge in [-0.2, -0.15) is 18.3 Å². The Morgan fingerprint density at radius 1 is 1.24 bits per heavy atom. The summed E-state index contributed by atoms with van der Waals surface area (Å²) in [4.78, 5) is -0.214. The van der Waals surface area contributed by atoms with Crippen molar-refractivity contribution in [2.45, 2.75) is 17.6 Å². The summed E-state index contributed by atoms with van der Waals surface area (Å²) in [7, 11) is -3.88. The third kappa shape index (κ3) is 3.52. The SMILES string of the molecule is Nc1[nH]ncc1S(=O)(=O)NCc1ccc(C(F)(F)F)cc1. The predicted molar refractivity (Wildman–Crippen MR) is 68.5 cm³/mol. The van der Waals surface area contributed by atoms with Crippen molar-refractivity contribution in [1.82, 2.24) is 14.9 Å². The lowest BCUT2D eigenvalue weighted by Crippen LogP contribution is -2.23. The van der Waals surface area contributed by atoms with Crippen molar-refractivity contribution in [2.24, 2.45) is 0 Å². The third-order valence-corrected chi connectivity index (χ3v) is 4.10. The molecule has 6 nitrogen and oxygen atoms in total. The van der Waals surface area contributed by atoms with Crippen LogP contribution < -0.4 is 10.5 Å². The molecule has 114 valence electrons. The van der Waals surface area contributed by atoms with Gasteiger partial charge < -0.3 is 5.73 Å². The van der Waals surface area contributed by atoms with Gasteiger partial charge in [0.15, 0.2) is 0 Å². The minimum Gasteiger partial charge on any atom is -0.383 e. The van der Waals surface area contributed by atoms with E-state index in [1.165, 1.54) is 12.1 Å². The number of anilines is 1. The van der Waals surface area contributed by atoms with Gasteiger partial charge >= 0.3 is 6.18 Å². The molecule has 0 saturated heterocycles. The molecule has 0 spiro atoms. The average molecular weight is 320 g/mol. The topological polar surface area (TPSA) is 101 Å². The third-order valence-electron chi connectivity index (χ3n) is 2.67. The highest BCUT2D eigenvalue weighted by Gasteiger charge is 2.30. The number of nitrogen functional groups attached to an aromatic ring is 1. The number of hydrogen-bond acceptors (Lipinski definition) is 4. The van der Waals surface area contributed by atoms with Crippen LogP contribution in [0.15, 0.2) is 35.4 Å². The first-order chi connectivity index (χ1) is 9.70. The van der Waals surface area contributed by atoms with Gasteiger partial charge in [0.2, 0.25) is 10.0 Å². The number of benzene rings is 1. The maximum atomic E-state index is 12.4. The lowest BCUT2D eigenvalue weighted by Gasteiger charge is -2.08. The van der Waals surface area contributed by atoms with Gasteiger partial charge in [0.05, 0.1) is 11.8 Å². The van der Waals surface area contributed by atoms with Crippen LogP contribution in [-0.4, -0.2) is 18.6 Å². The number of H-pyrrole nitrogens is 1. The molecule has 1 aromatic heterocycles. The van der Waals surface area contributed by atoms with Crippen LogP contribution in [0.5, 0.6) is 0 Å². The normalized spacial score (nSPS) is 12.5. The number of sulfonamides is 1. The molecule has 0 aliphatic carbocycles. The van der Waals surface area contributed by atoms with E-state index in [1.54, 1.807) is 0 Å². The quantitative estimate of drug-likeness (QED) is 0.794. The molecule has 0 unspecified atom stereocenters. The van der Waals surface area contributed by atoms with Gasteiger partial charge in [-0.25, -0.2) is 13.1 Å². The Kier molecular flexibility index (Phi) is 3.92. The second-order valence-corrected chi connectivity index (χ2v) is 5.90. The molecular formula is C11H11F3N4O2S. The number of halogens is 3. The minimum absolute atomic E-state index is 0.116. The van der Waals surface area contributed by atoms with E-state index in [2.05, 4.69) is 14.9 Å². The molecule has 0 atom stereocenters. The Bertz CT molecular complexity index is 723. The fraction of sp³-hybridized carbons (Fsp3) is 0.182. The van der Waals surface area contributed by atoms with E-state index in [9.17, 15) is 21.6 Å². The first kappa shape index (κ1) is 15.3. The van der Waals surface area contributed by atoms with E-state index >= 15 is 0 Å². The molecule has 0 aliphatic heterocycles. The zero-order valence-electron chi connectivity index (χ0n) is 10.5. The van der Waals surface area contributed by atoms with E-state index in [-0.39, 0.29) is 17.3 Å². The first-order valence-corrected chi connectivity index (χ1v) is 7.13. The molecule has 2 rings (SSSR count). The van der Waals surface area contributed by atoms with Crippen LogP contribution in [0.2, 0.25) is 0 Å². The first-order valence-electron chi connectivity index (χ1n) is 5.65. The number of rotatable bonds is 4. The van der Waals surface area contributed by atoms with E-state index < -0.39 is 21.8 Å². The van der Waals surface area contributed by atoms with Crippen LogP contribution in [-0.2, 0) is 22.7 Å². The average Bonchev–Trinajstić information content (AvgIpc) is 2.83. The molecule has 0 bridgehead atoms. The summed E-state index contributed by atoms with van der Waals surface area (Å²) in [5, 5.41) is 5.77. The summed E-state index contributed by atoms with van der Waals surface area (Å²) >= 11 is 0. The van der Waals surface area contributed by atoms with Crippen molar-refractivity contribution in [2.75, 3.05) is 5.73 Å². The largest absolute Gasteiger partial charge is 0.416 e. The summed E-state index contributed by atoms with van der Waals surface area (Å²) in [6, 6.07) is 4.17. The molecule has 1 aromatic carbocycles. The molecule has 0 amide bonds. The van der Waals surface area contributed by atoms with Crippen LogP contribution in [0.1, 0.15) is 11.1 Å². The van der Waals surface area contributed by atoms with E-state index in [4.69, 9.17) is 5.73 Å². The molecule has 4 N–H and O–H groups in total. The highest BCUT2D eigenvalue weighted by Crippen LogP contribution is 2.29. The highest BCUT2D eigenvalue weighted by atomic mass is 32.2. The van der Waals surface area contributed by atoms with Crippen molar-refractivity contribution in [3.8, 4) is 0 Å². The molecule has 1 heterocycles. The fourth-order valence-electron chi connectivity index (χ4n) is 1.57. The van der Waals surface area contributed by atoms with Crippen LogP contribution in [0.25, 0.3) is 0 Å². The number of nitrogens with zero attached hydrogens (tertiary/aromatic N) is 1. The van der Waals surface area contributed by atoms with Gasteiger partial charge in [-0.1, -0.05) is 12.1 Å². The fourth-order valence-corrected chi connectivity index (χ4v) is 2.61. The Morgan fingerprint density at radius 3 is 2.33 bits per heavy atom. The van der Waals surface area contributed by atoms with Crippen LogP contribution in [0, 0.1) is 0 Å². The molecule has 2 aromatic rings. The molecule has 10 heteroatoms. The smallest absolute Gasteiger partial charge is 0.383 e. The molecule has 21 heavy (non-hydrogen) atoms. The van der Waals surface area contributed by atoms with Crippen molar-refractivity contribution in [3.05, 3.63) is 41.6 Å². The molecular weight excluding hydrogens is 309 g/mol. The zero-order valence-corrected chi connectivity index (χ0v) is 11.3. The van der Waals surface area contributed by atoms with Gasteiger partial charge in [0, 0.05) is 6.54 Å². The Morgan fingerprint density at radius 2 is 1.86 bits per heavy atom. The second kappa shape index (κ2) is 5.37. The number of nitrogens with one attached hydrogen (secondary N) is 2. The Balaban J connectivity index is 2.08. The lowest BCUT2D eigenvalue weighted by atomic mass is 10.1. The standard InChI is InChI=1S/C11H11F3N4O2S/c12-11(13,14)8-3-1-7(2-4-8)5-17-21(19,20)9-6-16-18-10(9)15/h1-4,6,17H,5H2,(H3,15,16,18). The number of nitrogens with two attached hydrogens (primary N) is 1. The van der Waals surface area contributed by atoms with Gasteiger partial charge in [-0.3, -0.25) is 5.10 Å². The summed E-state index contributed by atoms with van der Waals surface area (Å²) < 4.78 is 63.2. The van der Waals surface area contributed by atoms with Crippen LogP contribution in [0.3, 0.4) is 0 Å². The van der Waals surface area contributed by atoms with Gasteiger partial charge in [0.25, 0.3) is 0 Å². The highest BCUT2D eigenvalue weighted by molar-refractivity contribution is 7.89. The minimum atomic E-state index is -4.43. The van der Waals surface area contributed by atoms with Gasteiger partial charge in [-0.15, -0.1) is 0 Å². The van der Waals surface area contributed by atoms with Gasteiger partial charge in [0.1, 0.15) is 10.7 Å². The number of hydrogen-bond donors (Lipinski definition) is 3. The van der Waals surface area contributed by atoms with Crippen LogP contribution in [0.4, 0.5) is 19.0 Å². The summed E-state index contributed by atoms with van der Waals surface area (Å²) in [5.74, 6) is -0.116. The van der Waals surface area contributed by atoms with Crippen LogP contribution >= 0.6 is 0 Å². The number of aromatic amines is 1. The van der Waals surface area contributed by atoms with E-state index in [0.717, 1.165) is 18.3 Å². The maximum absolute atomic E-state index is 12.4. The monoisotopic (exact) mass is 320 g/mol. The molecule has 0 saturated carbocycles. The molecule has 0 aliphatic rings. The van der Waals surface area contributed by atoms with Crippen molar-refractivity contribution >= 4 is 15.8 Å². The molecule has 0 fully saturated rings. The lowest BCUT2D eigenvalue weighted by molar-refractivity contribution is -0.137. The van der Waals surface area contributed by atoms with E-state index in [1.807, 2.05) is 0 Å². The number of aromatic nitrogens is 2. The summed E-state index contributed by atoms with van der Waals surface area (Å²) in [5.41, 5.74) is 4.99. The zero-order chi connectivity index (χ0) is 15.7. The Hall–Kier alpha value is -2.07. The summed E-state index contributed by atoms with van der Waals surface area (Å²) in [6.45, 7) is -0.162.